The predicted octanol–water partition coefficient (Wildman–Crippen LogP) is 21.5. The lowest BCUT2D eigenvalue weighted by atomic mass is 9.89. The fraction of sp³-hybridized carbons (Fsp3) is 0.455. The molecule has 0 radical (unpaired) electrons. The standard InChI is InChI=1S/C26H29N5O.C14H12ClN3O.C12H15ClN2O2.C12H18N2.C11H15ClN2O.C11H13ClN2O.C7H5Cl2NO2.C5H11N.C3H3NO2/c1-30-14-12-19(13-15-30)18-6-9-22(10-7-18)28-24-11-8-20-16-21(17-27)26(32)31(25(20)29-24)23-4-2-3-5-23;15-12-6-5-9-7-10(8-16)14(19)18(13(9)17-12)11-3-1-2-4-11;1-17-12(16)9-6-7-10(13)15-11(9)14-8-4-2-3-5-8;1-14-8-6-11(7-9-14)10-2-4-12(13)5-3-10;2*12-10-6-5-8(7-15)11(14-10)13-9-3-1-2-4-9;1-12-7(11)4-2-3-5(8)10-6(4)9;6-5-3-1-2-4-5;4-2-1-3(5)6/h6-11,16,19,23H,2-5,12-15H2,1H3,(H,28,29);5-7,11H,1-4H2;6-8H,2-5H2,1H3,(H,14,15);2-5,11H,6-9,13H2,1H3;5-6,9,15H,1-4,7H2,(H,13,14);5-7,9H,1-4H2,(H,13,14);2-3H,1H3;5H,1-4,6H2;1H2,(H,5,6). The van der Waals surface area contributed by atoms with E-state index in [0.29, 0.717) is 90.6 Å². The van der Waals surface area contributed by atoms with Crippen molar-refractivity contribution in [3.63, 3.8) is 0 Å². The number of ether oxygens (including phenoxy) is 2. The summed E-state index contributed by atoms with van der Waals surface area (Å²) in [6.07, 6.45) is 33.2. The summed E-state index contributed by atoms with van der Waals surface area (Å²) in [5.74, 6) is 1.97. The number of carbonyl (C=O) groups is 4. The Bertz CT molecular complexity index is 5850. The molecule has 2 aliphatic heterocycles. The van der Waals surface area contributed by atoms with Crippen LogP contribution in [0.15, 0.2) is 143 Å². The van der Waals surface area contributed by atoms with E-state index in [9.17, 15) is 34.0 Å². The lowest BCUT2D eigenvalue weighted by Crippen LogP contribution is -2.29. The lowest BCUT2D eigenvalue weighted by molar-refractivity contribution is -0.135. The van der Waals surface area contributed by atoms with Crippen molar-refractivity contribution < 1.29 is 38.9 Å². The summed E-state index contributed by atoms with van der Waals surface area (Å²) in [6.45, 7) is 4.74. The van der Waals surface area contributed by atoms with E-state index in [1.165, 1.54) is 159 Å². The molecule has 722 valence electrons. The number of aldehydes is 1. The summed E-state index contributed by atoms with van der Waals surface area (Å²) in [5, 5.41) is 59.8. The predicted molar refractivity (Wildman–Crippen MR) is 539 cm³/mol. The number of nitrogen functional groups attached to an aromatic ring is 1. The number of nitriles is 3. The molecule has 0 bridgehead atoms. The first-order valence-electron chi connectivity index (χ1n) is 46.5. The molecule has 2 aromatic carbocycles. The van der Waals surface area contributed by atoms with Crippen LogP contribution in [0, 0.1) is 34.0 Å². The molecule has 0 spiro atoms. The SMILES string of the molecule is CN1CCC(c2ccc(N)cc2)CC1.CN1CCC(c2ccc(Nc3ccc4cc(C#N)c(=O)n(C5CCCC5)c4n3)cc2)CC1.COC(=O)c1ccc(Cl)nc1Cl.COC(=O)c1ccc(Cl)nc1NC1CCCC1.N#CCC(=O)O.N#Cc1cc2ccc(Cl)nc2n(C2CCCC2)c1=O.NC1CCCC1.O=Cc1ccc(Cl)nc1NC1CCCC1.OCc1ccc(Cl)nc1NC1CCCC1. The van der Waals surface area contributed by atoms with Crippen LogP contribution in [0.4, 0.5) is 34.6 Å². The Morgan fingerprint density at radius 2 is 0.868 bits per heavy atom. The summed E-state index contributed by atoms with van der Waals surface area (Å²) >= 11 is 34.5. The maximum Gasteiger partial charge on any atom is 0.341 e. The number of hydrogen-bond donors (Lipinski definition) is 8. The number of aromatic nitrogens is 8. The molecule has 136 heavy (non-hydrogen) atoms. The third kappa shape index (κ3) is 32.8. The molecule has 6 aliphatic carbocycles. The van der Waals surface area contributed by atoms with E-state index in [-0.39, 0.29) is 56.8 Å². The topological polar surface area (TPSA) is 427 Å². The zero-order chi connectivity index (χ0) is 97.6. The van der Waals surface area contributed by atoms with Crippen LogP contribution in [0.25, 0.3) is 22.1 Å². The molecule has 2 saturated heterocycles. The highest BCUT2D eigenvalue weighted by Gasteiger charge is 2.28. The number of rotatable bonds is 17. The third-order valence-corrected chi connectivity index (χ3v) is 26.5. The fourth-order valence-electron chi connectivity index (χ4n) is 17.7. The van der Waals surface area contributed by atoms with Crippen molar-refractivity contribution in [2.75, 3.05) is 81.5 Å². The van der Waals surface area contributed by atoms with Gasteiger partial charge in [-0.2, -0.15) is 15.8 Å². The molecule has 35 heteroatoms. The molecule has 18 rings (SSSR count). The first-order chi connectivity index (χ1) is 65.7. The number of fused-ring (bicyclic) bond motifs is 2. The number of nitrogens with two attached hydrogens (primary N) is 2. The number of piperidine rings is 2. The second-order valence-electron chi connectivity index (χ2n) is 34.9. The smallest absolute Gasteiger partial charge is 0.341 e. The van der Waals surface area contributed by atoms with Gasteiger partial charge in [-0.3, -0.25) is 28.3 Å². The van der Waals surface area contributed by atoms with Gasteiger partial charge in [-0.25, -0.2) is 39.5 Å². The minimum atomic E-state index is -1.07. The van der Waals surface area contributed by atoms with Crippen LogP contribution >= 0.6 is 69.6 Å². The lowest BCUT2D eigenvalue weighted by Gasteiger charge is -2.29. The Balaban J connectivity index is 0.000000164. The number of carboxylic acids is 1. The van der Waals surface area contributed by atoms with Gasteiger partial charge in [-0.15, -0.1) is 0 Å². The van der Waals surface area contributed by atoms with E-state index in [0.717, 1.165) is 136 Å². The number of aliphatic hydroxyl groups excluding tert-OH is 1. The second kappa shape index (κ2) is 55.3. The Morgan fingerprint density at radius 3 is 1.30 bits per heavy atom. The largest absolute Gasteiger partial charge is 0.480 e. The van der Waals surface area contributed by atoms with Crippen molar-refractivity contribution in [2.24, 2.45) is 5.73 Å². The van der Waals surface area contributed by atoms with Gasteiger partial charge in [0.15, 0.2) is 6.29 Å². The molecule has 10 heterocycles. The molecular weight excluding hydrogens is 1850 g/mol. The number of carboxylic acid groups (broad SMARTS) is 1. The average molecular weight is 1970 g/mol. The van der Waals surface area contributed by atoms with Crippen molar-refractivity contribution >= 4 is 151 Å². The molecule has 8 aliphatic rings. The van der Waals surface area contributed by atoms with Crippen LogP contribution in [0.3, 0.4) is 0 Å². The number of aliphatic hydroxyl groups is 1. The van der Waals surface area contributed by atoms with Crippen LogP contribution < -0.4 is 43.9 Å². The molecule has 8 fully saturated rings. The van der Waals surface area contributed by atoms with Crippen LogP contribution in [-0.4, -0.2) is 162 Å². The van der Waals surface area contributed by atoms with Gasteiger partial charge in [-0.1, -0.05) is 171 Å². The highest BCUT2D eigenvalue weighted by Crippen LogP contribution is 2.37. The number of likely N-dealkylation sites (tertiary alicyclic amines) is 2. The zero-order valence-electron chi connectivity index (χ0n) is 77.3. The fourth-order valence-corrected chi connectivity index (χ4v) is 18.8. The van der Waals surface area contributed by atoms with Gasteiger partial charge in [0.25, 0.3) is 11.1 Å². The molecular formula is C101H121Cl6N19O10. The van der Waals surface area contributed by atoms with E-state index in [2.05, 4.69) is 117 Å². The number of nitrogens with one attached hydrogen (secondary N) is 4. The Hall–Kier alpha value is -11.1. The first kappa shape index (κ1) is 107. The van der Waals surface area contributed by atoms with Crippen molar-refractivity contribution in [3.8, 4) is 18.2 Å². The second-order valence-corrected chi connectivity index (χ2v) is 37.2. The number of methoxy groups -OCH3 is 2. The molecule has 0 atom stereocenters. The van der Waals surface area contributed by atoms with Crippen LogP contribution in [0.2, 0.25) is 30.9 Å². The molecule has 10 N–H and O–H groups in total. The maximum absolute atomic E-state index is 13.0. The van der Waals surface area contributed by atoms with E-state index < -0.39 is 24.3 Å². The number of pyridine rings is 8. The maximum atomic E-state index is 13.0. The summed E-state index contributed by atoms with van der Waals surface area (Å²) in [7, 11) is 7.01. The number of carbonyl (C=O) groups excluding carboxylic acids is 3. The van der Waals surface area contributed by atoms with Crippen LogP contribution in [0.5, 0.6) is 0 Å². The van der Waals surface area contributed by atoms with Gasteiger partial charge in [0.1, 0.15) is 101 Å². The first-order valence-corrected chi connectivity index (χ1v) is 48.8. The van der Waals surface area contributed by atoms with Gasteiger partial charge in [0, 0.05) is 64.0 Å². The van der Waals surface area contributed by atoms with Gasteiger partial charge in [0.2, 0.25) is 0 Å². The minimum absolute atomic E-state index is 0.000772. The number of aliphatic carboxylic acids is 1. The van der Waals surface area contributed by atoms with Crippen molar-refractivity contribution in [2.45, 2.75) is 241 Å². The summed E-state index contributed by atoms with van der Waals surface area (Å²) in [4.78, 5) is 98.1. The van der Waals surface area contributed by atoms with E-state index in [1.807, 2.05) is 36.4 Å². The quantitative estimate of drug-likeness (QED) is 0.0182. The molecule has 29 nitrogen and oxygen atoms in total. The number of anilines is 6. The van der Waals surface area contributed by atoms with Gasteiger partial charge in [-0.05, 0) is 275 Å². The Morgan fingerprint density at radius 1 is 0.478 bits per heavy atom. The summed E-state index contributed by atoms with van der Waals surface area (Å²) in [5.41, 5.74) is 19.1. The summed E-state index contributed by atoms with van der Waals surface area (Å²) < 4.78 is 12.6. The Labute approximate surface area is 824 Å². The highest BCUT2D eigenvalue weighted by atomic mass is 35.5. The van der Waals surface area contributed by atoms with Gasteiger partial charge in [0.05, 0.1) is 38.0 Å². The monoisotopic (exact) mass is 1970 g/mol. The van der Waals surface area contributed by atoms with Crippen LogP contribution in [0.1, 0.15) is 269 Å². The number of benzene rings is 2. The normalized spacial score (nSPS) is 16.4. The number of nitrogens with zero attached hydrogens (tertiary/aromatic N) is 13. The number of esters is 2. The van der Waals surface area contributed by atoms with Crippen LogP contribution in [-0.2, 0) is 20.9 Å². The zero-order valence-corrected chi connectivity index (χ0v) is 81.9. The van der Waals surface area contributed by atoms with Crippen molar-refractivity contribution in [3.05, 3.63) is 230 Å². The van der Waals surface area contributed by atoms with Crippen molar-refractivity contribution in [1.82, 2.24) is 48.8 Å². The summed E-state index contributed by atoms with van der Waals surface area (Å²) in [6, 6.07) is 48.2. The number of hydrogen-bond acceptors (Lipinski definition) is 26. The van der Waals surface area contributed by atoms with E-state index in [4.69, 9.17) is 112 Å². The molecule has 0 amide bonds. The number of halogens is 6. The van der Waals surface area contributed by atoms with E-state index >= 15 is 0 Å². The molecule has 6 saturated carbocycles. The third-order valence-electron chi connectivity index (χ3n) is 25.2. The van der Waals surface area contributed by atoms with Gasteiger partial charge >= 0.3 is 17.9 Å². The molecule has 8 aromatic heterocycles. The highest BCUT2D eigenvalue weighted by molar-refractivity contribution is 6.34. The molecule has 10 aromatic rings. The average Bonchev–Trinajstić information content (AvgIpc) is 1.18. The Kier molecular flexibility index (Phi) is 43.5. The molecule has 0 unspecified atom stereocenters. The van der Waals surface area contributed by atoms with E-state index in [1.54, 1.807) is 63.7 Å². The van der Waals surface area contributed by atoms with Gasteiger partial charge < -0.3 is 62.2 Å². The minimum Gasteiger partial charge on any atom is -0.480 e. The van der Waals surface area contributed by atoms with Crippen molar-refractivity contribution in [1.29, 1.82) is 15.8 Å².